The van der Waals surface area contributed by atoms with Crippen LogP contribution >= 0.6 is 11.6 Å². The van der Waals surface area contributed by atoms with Crippen LogP contribution < -0.4 is 10.6 Å². The van der Waals surface area contributed by atoms with Crippen molar-refractivity contribution in [3.63, 3.8) is 0 Å². The molecule has 1 aromatic rings. The van der Waals surface area contributed by atoms with E-state index in [4.69, 9.17) is 11.6 Å². The molecule has 2 rings (SSSR count). The van der Waals surface area contributed by atoms with Crippen LogP contribution in [0.15, 0.2) is 24.3 Å². The van der Waals surface area contributed by atoms with Crippen molar-refractivity contribution in [2.24, 2.45) is 0 Å². The van der Waals surface area contributed by atoms with Crippen LogP contribution in [0.2, 0.25) is 5.02 Å². The number of carbonyl (C=O) groups is 3. The molecule has 0 aliphatic carbocycles. The molecule has 0 aromatic heterocycles. The van der Waals surface area contributed by atoms with Gasteiger partial charge in [0.2, 0.25) is 17.7 Å². The standard InChI is InChI=1S/C16H20ClN3O3/c1-18-14(21)10-13-16(23)19-8-9-20(13)15(22)7-6-11-4-2-3-5-12(11)17/h2-5,13H,6-10H2,1H3,(H,18,21)(H,19,23)/t13-/m1/s1. The summed E-state index contributed by atoms with van der Waals surface area (Å²) in [5.74, 6) is -0.699. The molecule has 0 saturated carbocycles. The van der Waals surface area contributed by atoms with Crippen LogP contribution in [-0.4, -0.2) is 48.8 Å². The van der Waals surface area contributed by atoms with E-state index in [9.17, 15) is 14.4 Å². The summed E-state index contributed by atoms with van der Waals surface area (Å²) in [7, 11) is 1.51. The summed E-state index contributed by atoms with van der Waals surface area (Å²) in [6.07, 6.45) is 0.727. The van der Waals surface area contributed by atoms with Gasteiger partial charge in [-0.3, -0.25) is 14.4 Å². The van der Waals surface area contributed by atoms with Gasteiger partial charge in [-0.25, -0.2) is 0 Å². The van der Waals surface area contributed by atoms with Crippen molar-refractivity contribution in [3.8, 4) is 0 Å². The van der Waals surface area contributed by atoms with Gasteiger partial charge in [0.1, 0.15) is 6.04 Å². The Bertz CT molecular complexity index is 606. The van der Waals surface area contributed by atoms with Crippen molar-refractivity contribution in [1.29, 1.82) is 0 Å². The molecule has 1 heterocycles. The summed E-state index contributed by atoms with van der Waals surface area (Å²) in [4.78, 5) is 37.5. The molecule has 1 aliphatic heterocycles. The molecule has 0 unspecified atom stereocenters. The Labute approximate surface area is 140 Å². The van der Waals surface area contributed by atoms with Crippen molar-refractivity contribution in [1.82, 2.24) is 15.5 Å². The van der Waals surface area contributed by atoms with Crippen LogP contribution in [0.3, 0.4) is 0 Å². The summed E-state index contributed by atoms with van der Waals surface area (Å²) < 4.78 is 0. The molecule has 23 heavy (non-hydrogen) atoms. The van der Waals surface area contributed by atoms with Crippen LogP contribution in [0.4, 0.5) is 0 Å². The third-order valence-corrected chi connectivity index (χ3v) is 4.24. The molecule has 124 valence electrons. The fraction of sp³-hybridized carbons (Fsp3) is 0.438. The SMILES string of the molecule is CNC(=O)C[C@@H]1C(=O)NCCN1C(=O)CCc1ccccc1Cl. The zero-order chi connectivity index (χ0) is 16.8. The van der Waals surface area contributed by atoms with Gasteiger partial charge in [-0.15, -0.1) is 0 Å². The monoisotopic (exact) mass is 337 g/mol. The topological polar surface area (TPSA) is 78.5 Å². The highest BCUT2D eigenvalue weighted by molar-refractivity contribution is 6.31. The fourth-order valence-electron chi connectivity index (χ4n) is 2.58. The van der Waals surface area contributed by atoms with Gasteiger partial charge >= 0.3 is 0 Å². The molecule has 1 aliphatic rings. The van der Waals surface area contributed by atoms with E-state index in [0.717, 1.165) is 5.56 Å². The van der Waals surface area contributed by atoms with Gasteiger partial charge in [0.05, 0.1) is 6.42 Å². The normalized spacial score (nSPS) is 17.6. The van der Waals surface area contributed by atoms with Crippen molar-refractivity contribution in [3.05, 3.63) is 34.9 Å². The highest BCUT2D eigenvalue weighted by Gasteiger charge is 2.34. The minimum absolute atomic E-state index is 0.0276. The molecule has 7 heteroatoms. The van der Waals surface area contributed by atoms with E-state index >= 15 is 0 Å². The predicted molar refractivity (Wildman–Crippen MR) is 87.0 cm³/mol. The third kappa shape index (κ3) is 4.45. The Hall–Kier alpha value is -2.08. The Morgan fingerprint density at radius 1 is 1.39 bits per heavy atom. The molecule has 2 N–H and O–H groups in total. The molecular formula is C16H20ClN3O3. The van der Waals surface area contributed by atoms with E-state index in [-0.39, 0.29) is 30.6 Å². The second-order valence-electron chi connectivity index (χ2n) is 5.36. The zero-order valence-electron chi connectivity index (χ0n) is 13.0. The number of nitrogens with one attached hydrogen (secondary N) is 2. The summed E-state index contributed by atoms with van der Waals surface area (Å²) in [6, 6.07) is 6.61. The quantitative estimate of drug-likeness (QED) is 0.831. The number of aryl methyl sites for hydroxylation is 1. The van der Waals surface area contributed by atoms with Gasteiger partial charge in [-0.05, 0) is 18.1 Å². The highest BCUT2D eigenvalue weighted by Crippen LogP contribution is 2.18. The van der Waals surface area contributed by atoms with Crippen molar-refractivity contribution in [2.75, 3.05) is 20.1 Å². The zero-order valence-corrected chi connectivity index (χ0v) is 13.7. The molecule has 0 radical (unpaired) electrons. The molecule has 1 aromatic carbocycles. The number of benzene rings is 1. The van der Waals surface area contributed by atoms with Gasteiger partial charge in [0.15, 0.2) is 0 Å². The summed E-state index contributed by atoms with van der Waals surface area (Å²) in [5.41, 5.74) is 0.895. The molecule has 1 atom stereocenters. The molecule has 3 amide bonds. The Balaban J connectivity index is 2.02. The number of carbonyl (C=O) groups excluding carboxylic acids is 3. The number of amides is 3. The van der Waals surface area contributed by atoms with Crippen LogP contribution in [0.25, 0.3) is 0 Å². The smallest absolute Gasteiger partial charge is 0.243 e. The number of hydrogen-bond acceptors (Lipinski definition) is 3. The lowest BCUT2D eigenvalue weighted by Crippen LogP contribution is -2.58. The Morgan fingerprint density at radius 2 is 2.13 bits per heavy atom. The molecule has 0 spiro atoms. The Morgan fingerprint density at radius 3 is 2.83 bits per heavy atom. The van der Waals surface area contributed by atoms with Gasteiger partial charge in [0, 0.05) is 31.6 Å². The average Bonchev–Trinajstić information content (AvgIpc) is 2.55. The maximum Gasteiger partial charge on any atom is 0.243 e. The molecule has 0 bridgehead atoms. The van der Waals surface area contributed by atoms with Gasteiger partial charge in [-0.2, -0.15) is 0 Å². The first-order valence-corrected chi connectivity index (χ1v) is 7.92. The molecular weight excluding hydrogens is 318 g/mol. The van der Waals surface area contributed by atoms with Crippen molar-refractivity contribution >= 4 is 29.3 Å². The first kappa shape index (κ1) is 17.3. The van der Waals surface area contributed by atoms with E-state index in [0.29, 0.717) is 24.5 Å². The van der Waals surface area contributed by atoms with E-state index in [1.54, 1.807) is 6.07 Å². The van der Waals surface area contributed by atoms with Crippen LogP contribution in [-0.2, 0) is 20.8 Å². The molecule has 1 fully saturated rings. The number of piperazine rings is 1. The third-order valence-electron chi connectivity index (χ3n) is 3.87. The van der Waals surface area contributed by atoms with Crippen molar-refractivity contribution < 1.29 is 14.4 Å². The maximum absolute atomic E-state index is 12.5. The van der Waals surface area contributed by atoms with E-state index in [1.807, 2.05) is 18.2 Å². The minimum Gasteiger partial charge on any atom is -0.359 e. The largest absolute Gasteiger partial charge is 0.359 e. The molecule has 1 saturated heterocycles. The lowest BCUT2D eigenvalue weighted by molar-refractivity contribution is -0.145. The number of rotatable bonds is 5. The second-order valence-corrected chi connectivity index (χ2v) is 5.77. The fourth-order valence-corrected chi connectivity index (χ4v) is 2.81. The summed E-state index contributed by atoms with van der Waals surface area (Å²) in [5, 5.41) is 5.80. The first-order chi connectivity index (χ1) is 11.0. The van der Waals surface area contributed by atoms with Gasteiger partial charge < -0.3 is 15.5 Å². The molecule has 6 nitrogen and oxygen atoms in total. The summed E-state index contributed by atoms with van der Waals surface area (Å²) >= 11 is 6.09. The minimum atomic E-state index is -0.748. The first-order valence-electron chi connectivity index (χ1n) is 7.54. The summed E-state index contributed by atoms with van der Waals surface area (Å²) in [6.45, 7) is 0.815. The maximum atomic E-state index is 12.5. The van der Waals surface area contributed by atoms with E-state index < -0.39 is 6.04 Å². The second kappa shape index (κ2) is 7.97. The number of nitrogens with zero attached hydrogens (tertiary/aromatic N) is 1. The lowest BCUT2D eigenvalue weighted by atomic mass is 10.1. The number of hydrogen-bond donors (Lipinski definition) is 2. The Kier molecular flexibility index (Phi) is 5.98. The van der Waals surface area contributed by atoms with Gasteiger partial charge in [0.25, 0.3) is 0 Å². The predicted octanol–water partition coefficient (Wildman–Crippen LogP) is 0.736. The average molecular weight is 338 g/mol. The number of halogens is 1. The van der Waals surface area contributed by atoms with Crippen LogP contribution in [0.5, 0.6) is 0 Å². The lowest BCUT2D eigenvalue weighted by Gasteiger charge is -2.34. The highest BCUT2D eigenvalue weighted by atomic mass is 35.5. The van der Waals surface area contributed by atoms with Gasteiger partial charge in [-0.1, -0.05) is 29.8 Å². The van der Waals surface area contributed by atoms with Crippen LogP contribution in [0, 0.1) is 0 Å². The van der Waals surface area contributed by atoms with E-state index in [2.05, 4.69) is 10.6 Å². The van der Waals surface area contributed by atoms with E-state index in [1.165, 1.54) is 11.9 Å². The van der Waals surface area contributed by atoms with Crippen molar-refractivity contribution in [2.45, 2.75) is 25.3 Å². The van der Waals surface area contributed by atoms with Crippen LogP contribution in [0.1, 0.15) is 18.4 Å².